The molecule has 1 heterocycles. The van der Waals surface area contributed by atoms with Crippen molar-refractivity contribution in [1.82, 2.24) is 10.3 Å². The Morgan fingerprint density at radius 3 is 2.92 bits per heavy atom. The van der Waals surface area contributed by atoms with Gasteiger partial charge in [-0.3, -0.25) is 0 Å². The molecule has 0 atom stereocenters. The summed E-state index contributed by atoms with van der Waals surface area (Å²) in [6.07, 6.45) is -0.417. The molecule has 1 aromatic rings. The van der Waals surface area contributed by atoms with Crippen molar-refractivity contribution in [1.29, 1.82) is 0 Å². The predicted octanol–water partition coefficient (Wildman–Crippen LogP) is 1.84. The molecular weight excluding hydrogens is 182 g/mol. The number of hydrogen-bond donors (Lipinski definition) is 1. The molecule has 0 amide bonds. The van der Waals surface area contributed by atoms with E-state index in [1.165, 1.54) is 6.20 Å². The number of rotatable bonds is 4. The van der Waals surface area contributed by atoms with E-state index in [0.717, 1.165) is 22.9 Å². The first kappa shape index (κ1) is 9.54. The molecule has 0 aromatic carbocycles. The summed E-state index contributed by atoms with van der Waals surface area (Å²) in [4.78, 5) is 3.93. The van der Waals surface area contributed by atoms with E-state index in [-0.39, 0.29) is 4.88 Å². The van der Waals surface area contributed by atoms with Crippen molar-refractivity contribution >= 4 is 11.3 Å². The minimum Gasteiger partial charge on any atom is -0.319 e. The Hall–Kier alpha value is -0.550. The number of hydrogen-bond acceptors (Lipinski definition) is 3. The maximum Gasteiger partial charge on any atom is 0.274 e. The van der Waals surface area contributed by atoms with E-state index in [2.05, 4.69) is 10.3 Å². The second-order valence-corrected chi connectivity index (χ2v) is 3.46. The van der Waals surface area contributed by atoms with Crippen LogP contribution in [0.3, 0.4) is 0 Å². The van der Waals surface area contributed by atoms with Crippen molar-refractivity contribution in [2.75, 3.05) is 13.6 Å². The Bertz CT molecular complexity index is 237. The number of aromatic nitrogens is 1. The largest absolute Gasteiger partial charge is 0.319 e. The second kappa shape index (κ2) is 4.47. The molecule has 0 aliphatic heterocycles. The van der Waals surface area contributed by atoms with E-state index >= 15 is 0 Å². The summed E-state index contributed by atoms with van der Waals surface area (Å²) in [5.74, 6) is 0. The highest BCUT2D eigenvalue weighted by Gasteiger charge is 2.10. The SMILES string of the molecule is CNCCc1ncc(C(F)F)s1. The lowest BCUT2D eigenvalue weighted by Crippen LogP contribution is -2.09. The first-order chi connectivity index (χ1) is 5.74. The molecule has 2 nitrogen and oxygen atoms in total. The van der Waals surface area contributed by atoms with Gasteiger partial charge in [-0.25, -0.2) is 13.8 Å². The van der Waals surface area contributed by atoms with E-state index in [1.807, 2.05) is 7.05 Å². The van der Waals surface area contributed by atoms with Crippen molar-refractivity contribution in [3.05, 3.63) is 16.1 Å². The quantitative estimate of drug-likeness (QED) is 0.787. The topological polar surface area (TPSA) is 24.9 Å². The molecule has 1 rings (SSSR count). The van der Waals surface area contributed by atoms with Gasteiger partial charge in [-0.05, 0) is 7.05 Å². The third-order valence-electron chi connectivity index (χ3n) is 1.38. The van der Waals surface area contributed by atoms with Crippen LogP contribution >= 0.6 is 11.3 Å². The zero-order valence-electron chi connectivity index (χ0n) is 6.68. The first-order valence-corrected chi connectivity index (χ1v) is 4.43. The molecule has 0 aliphatic rings. The van der Waals surface area contributed by atoms with Gasteiger partial charge in [-0.1, -0.05) is 0 Å². The van der Waals surface area contributed by atoms with Crippen LogP contribution in [0.5, 0.6) is 0 Å². The molecule has 0 fully saturated rings. The number of alkyl halides is 2. The van der Waals surface area contributed by atoms with Crippen molar-refractivity contribution in [3.63, 3.8) is 0 Å². The van der Waals surface area contributed by atoms with Gasteiger partial charge in [-0.15, -0.1) is 11.3 Å². The van der Waals surface area contributed by atoms with Crippen molar-refractivity contribution in [2.45, 2.75) is 12.8 Å². The van der Waals surface area contributed by atoms with Crippen LogP contribution in [-0.4, -0.2) is 18.6 Å². The fourth-order valence-electron chi connectivity index (χ4n) is 0.773. The number of nitrogens with one attached hydrogen (secondary N) is 1. The molecular formula is C7H10F2N2S. The highest BCUT2D eigenvalue weighted by Crippen LogP contribution is 2.24. The number of thiazole rings is 1. The molecule has 0 unspecified atom stereocenters. The van der Waals surface area contributed by atoms with Crippen LogP contribution in [-0.2, 0) is 6.42 Å². The zero-order chi connectivity index (χ0) is 8.97. The Morgan fingerprint density at radius 1 is 1.67 bits per heavy atom. The molecule has 0 aliphatic carbocycles. The molecule has 0 saturated heterocycles. The zero-order valence-corrected chi connectivity index (χ0v) is 7.50. The average molecular weight is 192 g/mol. The lowest BCUT2D eigenvalue weighted by Gasteiger charge is -1.93. The summed E-state index contributed by atoms with van der Waals surface area (Å²) in [5, 5.41) is 3.70. The molecule has 0 spiro atoms. The number of halogens is 2. The van der Waals surface area contributed by atoms with Crippen molar-refractivity contribution < 1.29 is 8.78 Å². The minimum absolute atomic E-state index is 0.0566. The summed E-state index contributed by atoms with van der Waals surface area (Å²) >= 11 is 1.08. The standard InChI is InChI=1S/C7H10F2N2S/c1-10-3-2-6-11-4-5(12-6)7(8)9/h4,7,10H,2-3H2,1H3. The normalized spacial score (nSPS) is 11.0. The molecule has 0 saturated carbocycles. The van der Waals surface area contributed by atoms with Crippen molar-refractivity contribution in [2.24, 2.45) is 0 Å². The predicted molar refractivity (Wildman–Crippen MR) is 44.7 cm³/mol. The smallest absolute Gasteiger partial charge is 0.274 e. The van der Waals surface area contributed by atoms with Gasteiger partial charge in [0.25, 0.3) is 6.43 Å². The van der Waals surface area contributed by atoms with Gasteiger partial charge in [0.15, 0.2) is 0 Å². The monoisotopic (exact) mass is 192 g/mol. The van der Waals surface area contributed by atoms with Gasteiger partial charge < -0.3 is 5.32 Å². The maximum atomic E-state index is 12.1. The molecule has 1 aromatic heterocycles. The van der Waals surface area contributed by atoms with Crippen LogP contribution in [0.25, 0.3) is 0 Å². The minimum atomic E-state index is -2.38. The van der Waals surface area contributed by atoms with Gasteiger partial charge >= 0.3 is 0 Å². The number of likely N-dealkylation sites (N-methyl/N-ethyl adjacent to an activating group) is 1. The van der Waals surface area contributed by atoms with Gasteiger partial charge in [-0.2, -0.15) is 0 Å². The average Bonchev–Trinajstić information content (AvgIpc) is 2.48. The van der Waals surface area contributed by atoms with Gasteiger partial charge in [0.05, 0.1) is 9.88 Å². The Labute approximate surface area is 73.6 Å². The summed E-state index contributed by atoms with van der Waals surface area (Å²) < 4.78 is 24.1. The Morgan fingerprint density at radius 2 is 2.42 bits per heavy atom. The maximum absolute atomic E-state index is 12.1. The Balaban J connectivity index is 2.52. The lowest BCUT2D eigenvalue weighted by atomic mass is 10.4. The number of nitrogens with zero attached hydrogens (tertiary/aromatic N) is 1. The van der Waals surface area contributed by atoms with Gasteiger partial charge in [0.2, 0.25) is 0 Å². The molecule has 1 N–H and O–H groups in total. The van der Waals surface area contributed by atoms with E-state index in [1.54, 1.807) is 0 Å². The summed E-state index contributed by atoms with van der Waals surface area (Å²) in [5.41, 5.74) is 0. The van der Waals surface area contributed by atoms with Crippen LogP contribution in [0, 0.1) is 0 Å². The second-order valence-electron chi connectivity index (χ2n) is 2.31. The van der Waals surface area contributed by atoms with Gasteiger partial charge in [0.1, 0.15) is 0 Å². The van der Waals surface area contributed by atoms with Crippen LogP contribution in [0.4, 0.5) is 8.78 Å². The summed E-state index contributed by atoms with van der Waals surface area (Å²) in [6.45, 7) is 0.774. The third kappa shape index (κ3) is 2.49. The van der Waals surface area contributed by atoms with Crippen LogP contribution in [0.15, 0.2) is 6.20 Å². The highest BCUT2D eigenvalue weighted by molar-refractivity contribution is 7.11. The summed E-state index contributed by atoms with van der Waals surface area (Å²) in [6, 6.07) is 0. The van der Waals surface area contributed by atoms with Gasteiger partial charge in [0, 0.05) is 19.2 Å². The lowest BCUT2D eigenvalue weighted by molar-refractivity contribution is 0.155. The summed E-state index contributed by atoms with van der Waals surface area (Å²) in [7, 11) is 1.82. The molecule has 0 radical (unpaired) electrons. The molecule has 5 heteroatoms. The van der Waals surface area contributed by atoms with Crippen LogP contribution in [0.2, 0.25) is 0 Å². The highest BCUT2D eigenvalue weighted by atomic mass is 32.1. The fourth-order valence-corrected chi connectivity index (χ4v) is 1.55. The Kier molecular flexibility index (Phi) is 3.55. The van der Waals surface area contributed by atoms with E-state index in [0.29, 0.717) is 6.42 Å². The van der Waals surface area contributed by atoms with E-state index < -0.39 is 6.43 Å². The van der Waals surface area contributed by atoms with Crippen LogP contribution < -0.4 is 5.32 Å². The molecule has 0 bridgehead atoms. The fraction of sp³-hybridized carbons (Fsp3) is 0.571. The van der Waals surface area contributed by atoms with E-state index in [9.17, 15) is 8.78 Å². The first-order valence-electron chi connectivity index (χ1n) is 3.61. The molecule has 12 heavy (non-hydrogen) atoms. The van der Waals surface area contributed by atoms with E-state index in [4.69, 9.17) is 0 Å². The third-order valence-corrected chi connectivity index (χ3v) is 2.44. The van der Waals surface area contributed by atoms with Crippen molar-refractivity contribution in [3.8, 4) is 0 Å². The molecule has 68 valence electrons. The van der Waals surface area contributed by atoms with Crippen LogP contribution in [0.1, 0.15) is 16.3 Å².